The van der Waals surface area contributed by atoms with Crippen molar-refractivity contribution in [3.63, 3.8) is 0 Å². The summed E-state index contributed by atoms with van der Waals surface area (Å²) < 4.78 is 0. The maximum Gasteiger partial charge on any atom is 0.164 e. The van der Waals surface area contributed by atoms with E-state index in [9.17, 15) is 0 Å². The molecule has 2 aromatic carbocycles. The van der Waals surface area contributed by atoms with E-state index in [1.807, 2.05) is 12.1 Å². The molecule has 28 heavy (non-hydrogen) atoms. The average molecular weight is 382 g/mol. The Balaban J connectivity index is 1.69. The number of hydrogen-bond acceptors (Lipinski definition) is 5. The molecule has 5 rings (SSSR count). The Kier molecular flexibility index (Phi) is 4.22. The van der Waals surface area contributed by atoms with Gasteiger partial charge in [0.1, 0.15) is 10.6 Å². The van der Waals surface area contributed by atoms with Gasteiger partial charge in [-0.25, -0.2) is 9.97 Å². The van der Waals surface area contributed by atoms with Gasteiger partial charge in [-0.1, -0.05) is 43.3 Å². The van der Waals surface area contributed by atoms with E-state index in [1.165, 1.54) is 15.6 Å². The number of pyridine rings is 1. The van der Waals surface area contributed by atoms with Crippen molar-refractivity contribution in [1.82, 2.24) is 15.0 Å². The molecule has 4 nitrogen and oxygen atoms in total. The minimum Gasteiger partial charge on any atom is -0.339 e. The highest BCUT2D eigenvalue weighted by molar-refractivity contribution is 7.18. The van der Waals surface area contributed by atoms with Gasteiger partial charge in [0.2, 0.25) is 0 Å². The zero-order valence-electron chi connectivity index (χ0n) is 15.4. The predicted molar refractivity (Wildman–Crippen MR) is 117 cm³/mol. The first-order chi connectivity index (χ1) is 13.8. The van der Waals surface area contributed by atoms with Crippen molar-refractivity contribution in [3.05, 3.63) is 77.9 Å². The van der Waals surface area contributed by atoms with E-state index in [0.717, 1.165) is 33.7 Å². The molecular weight excluding hydrogens is 364 g/mol. The Hall–Kier alpha value is -3.31. The number of nitrogens with one attached hydrogen (secondary N) is 1. The zero-order chi connectivity index (χ0) is 18.9. The summed E-state index contributed by atoms with van der Waals surface area (Å²) >= 11 is 1.72. The van der Waals surface area contributed by atoms with Crippen molar-refractivity contribution in [3.8, 4) is 11.4 Å². The Bertz CT molecular complexity index is 1270. The van der Waals surface area contributed by atoms with Gasteiger partial charge in [-0.2, -0.15) is 0 Å². The molecule has 0 aliphatic heterocycles. The van der Waals surface area contributed by atoms with Crippen molar-refractivity contribution in [2.24, 2.45) is 0 Å². The van der Waals surface area contributed by atoms with E-state index in [1.54, 1.807) is 23.7 Å². The Labute approximate surface area is 166 Å². The number of aryl methyl sites for hydroxylation is 1. The third kappa shape index (κ3) is 3.00. The van der Waals surface area contributed by atoms with Crippen molar-refractivity contribution >= 4 is 43.8 Å². The van der Waals surface area contributed by atoms with E-state index in [-0.39, 0.29) is 0 Å². The number of anilines is 2. The quantitative estimate of drug-likeness (QED) is 0.401. The maximum absolute atomic E-state index is 4.87. The lowest BCUT2D eigenvalue weighted by atomic mass is 10.1. The summed E-state index contributed by atoms with van der Waals surface area (Å²) in [6.07, 6.45) is 4.55. The molecule has 3 heterocycles. The zero-order valence-corrected chi connectivity index (χ0v) is 16.2. The summed E-state index contributed by atoms with van der Waals surface area (Å²) in [5.74, 6) is 1.52. The molecule has 0 amide bonds. The van der Waals surface area contributed by atoms with E-state index in [2.05, 4.69) is 65.8 Å². The van der Waals surface area contributed by atoms with E-state index in [4.69, 9.17) is 9.97 Å². The van der Waals surface area contributed by atoms with E-state index in [0.29, 0.717) is 5.82 Å². The summed E-state index contributed by atoms with van der Waals surface area (Å²) in [6.45, 7) is 2.16. The number of rotatable bonds is 4. The topological polar surface area (TPSA) is 50.7 Å². The molecule has 0 unspecified atom stereocenters. The molecular formula is C23H18N4S. The average Bonchev–Trinajstić information content (AvgIpc) is 3.18. The monoisotopic (exact) mass is 382 g/mol. The molecule has 0 bridgehead atoms. The van der Waals surface area contributed by atoms with Gasteiger partial charge in [0.25, 0.3) is 0 Å². The minimum absolute atomic E-state index is 0.688. The number of nitrogens with zero attached hydrogens (tertiary/aromatic N) is 3. The third-order valence-corrected chi connectivity index (χ3v) is 5.93. The van der Waals surface area contributed by atoms with Crippen LogP contribution in [0, 0.1) is 0 Å². The molecule has 0 fully saturated rings. The van der Waals surface area contributed by atoms with E-state index < -0.39 is 0 Å². The Morgan fingerprint density at radius 2 is 1.82 bits per heavy atom. The lowest BCUT2D eigenvalue weighted by molar-refractivity contribution is 1.19. The molecule has 0 saturated heterocycles. The first-order valence-corrected chi connectivity index (χ1v) is 10.1. The van der Waals surface area contributed by atoms with Crippen LogP contribution in [0.2, 0.25) is 0 Å². The van der Waals surface area contributed by atoms with Gasteiger partial charge in [-0.05, 0) is 36.1 Å². The summed E-state index contributed by atoms with van der Waals surface area (Å²) in [5.41, 5.74) is 1.95. The lowest BCUT2D eigenvalue weighted by Gasteiger charge is -2.11. The third-order valence-electron chi connectivity index (χ3n) is 4.75. The van der Waals surface area contributed by atoms with Crippen molar-refractivity contribution in [1.29, 1.82) is 0 Å². The normalized spacial score (nSPS) is 11.2. The lowest BCUT2D eigenvalue weighted by Crippen LogP contribution is -1.98. The summed E-state index contributed by atoms with van der Waals surface area (Å²) in [6, 6.07) is 20.7. The smallest absolute Gasteiger partial charge is 0.164 e. The van der Waals surface area contributed by atoms with Crippen LogP contribution in [-0.2, 0) is 6.42 Å². The number of hydrogen-bond donors (Lipinski definition) is 1. The SMILES string of the molecule is CCc1cc2c(Nc3cccc4ccccc34)nc(-c3cccnc3)nc2s1. The highest BCUT2D eigenvalue weighted by atomic mass is 32.1. The highest BCUT2D eigenvalue weighted by Gasteiger charge is 2.14. The second-order valence-corrected chi connectivity index (χ2v) is 7.69. The first-order valence-electron chi connectivity index (χ1n) is 9.27. The van der Waals surface area contributed by atoms with Crippen molar-refractivity contribution in [2.45, 2.75) is 13.3 Å². The van der Waals surface area contributed by atoms with Crippen LogP contribution in [0.4, 0.5) is 11.5 Å². The van der Waals surface area contributed by atoms with E-state index >= 15 is 0 Å². The Morgan fingerprint density at radius 3 is 2.68 bits per heavy atom. The molecule has 0 aliphatic rings. The maximum atomic E-state index is 4.87. The fourth-order valence-electron chi connectivity index (χ4n) is 3.33. The van der Waals surface area contributed by atoms with Crippen LogP contribution in [0.15, 0.2) is 73.1 Å². The van der Waals surface area contributed by atoms with Crippen molar-refractivity contribution in [2.75, 3.05) is 5.32 Å². The molecule has 0 saturated carbocycles. The number of fused-ring (bicyclic) bond motifs is 2. The summed E-state index contributed by atoms with van der Waals surface area (Å²) in [7, 11) is 0. The number of aromatic nitrogens is 3. The second kappa shape index (κ2) is 7.02. The summed E-state index contributed by atoms with van der Waals surface area (Å²) in [4.78, 5) is 16.2. The van der Waals surface area contributed by atoms with Crippen LogP contribution in [0.25, 0.3) is 32.4 Å². The van der Waals surface area contributed by atoms with Crippen LogP contribution in [0.3, 0.4) is 0 Å². The molecule has 5 heteroatoms. The van der Waals surface area contributed by atoms with Crippen molar-refractivity contribution < 1.29 is 0 Å². The van der Waals surface area contributed by atoms with Gasteiger partial charge in [0.15, 0.2) is 5.82 Å². The largest absolute Gasteiger partial charge is 0.339 e. The fraction of sp³-hybridized carbons (Fsp3) is 0.0870. The number of benzene rings is 2. The predicted octanol–water partition coefficient (Wildman–Crippen LogP) is 6.21. The molecule has 1 N–H and O–H groups in total. The van der Waals surface area contributed by atoms with Gasteiger partial charge in [-0.3, -0.25) is 4.98 Å². The molecule has 3 aromatic heterocycles. The second-order valence-electron chi connectivity index (χ2n) is 6.57. The van der Waals surface area contributed by atoms with Crippen LogP contribution in [0.5, 0.6) is 0 Å². The van der Waals surface area contributed by atoms with Gasteiger partial charge in [0.05, 0.1) is 5.39 Å². The molecule has 136 valence electrons. The van der Waals surface area contributed by atoms with Crippen LogP contribution in [-0.4, -0.2) is 15.0 Å². The van der Waals surface area contributed by atoms with Crippen LogP contribution in [0.1, 0.15) is 11.8 Å². The van der Waals surface area contributed by atoms with Crippen LogP contribution >= 0.6 is 11.3 Å². The molecule has 0 spiro atoms. The molecule has 0 atom stereocenters. The van der Waals surface area contributed by atoms with Crippen LogP contribution < -0.4 is 5.32 Å². The minimum atomic E-state index is 0.688. The highest BCUT2D eigenvalue weighted by Crippen LogP contribution is 2.34. The van der Waals surface area contributed by atoms with Gasteiger partial charge < -0.3 is 5.32 Å². The molecule has 5 aromatic rings. The Morgan fingerprint density at radius 1 is 0.929 bits per heavy atom. The molecule has 0 aliphatic carbocycles. The van der Waals surface area contributed by atoms with Gasteiger partial charge >= 0.3 is 0 Å². The standard InChI is InChI=1S/C23H18N4S/c1-2-17-13-19-22(25-20-11-5-8-15-7-3-4-10-18(15)20)26-21(27-23(19)28-17)16-9-6-12-24-14-16/h3-14H,2H2,1H3,(H,25,26,27). The van der Waals surface area contributed by atoms with Gasteiger partial charge in [0, 0.05) is 33.9 Å². The van der Waals surface area contributed by atoms with Gasteiger partial charge in [-0.15, -0.1) is 11.3 Å². The summed E-state index contributed by atoms with van der Waals surface area (Å²) in [5, 5.41) is 7.00. The number of thiophene rings is 1. The molecule has 0 radical (unpaired) electrons. The first kappa shape index (κ1) is 16.8. The fourth-order valence-corrected chi connectivity index (χ4v) is 4.29.